The van der Waals surface area contributed by atoms with Crippen LogP contribution in [0.2, 0.25) is 5.02 Å². The number of rotatable bonds is 3. The van der Waals surface area contributed by atoms with Gasteiger partial charge in [0.15, 0.2) is 5.82 Å². The van der Waals surface area contributed by atoms with Gasteiger partial charge in [-0.15, -0.1) is 0 Å². The molecule has 21 heavy (non-hydrogen) atoms. The highest BCUT2D eigenvalue weighted by Gasteiger charge is 2.31. The van der Waals surface area contributed by atoms with Gasteiger partial charge in [0.25, 0.3) is 0 Å². The average molecular weight is 315 g/mol. The van der Waals surface area contributed by atoms with E-state index in [0.717, 1.165) is 11.6 Å². The molecule has 2 aromatic rings. The Morgan fingerprint density at radius 2 is 2.10 bits per heavy atom. The maximum Gasteiger partial charge on any atom is 0.417 e. The first-order chi connectivity index (χ1) is 9.88. The molecule has 0 bridgehead atoms. The van der Waals surface area contributed by atoms with Crippen molar-refractivity contribution in [3.63, 3.8) is 0 Å². The highest BCUT2D eigenvalue weighted by molar-refractivity contribution is 6.33. The van der Waals surface area contributed by atoms with E-state index >= 15 is 0 Å². The molecule has 0 aliphatic rings. The number of anilines is 1. The Bertz CT molecular complexity index is 656. The number of hydrogen-bond donors (Lipinski definition) is 1. The van der Waals surface area contributed by atoms with Gasteiger partial charge in [0.05, 0.1) is 16.3 Å². The van der Waals surface area contributed by atoms with Gasteiger partial charge in [0, 0.05) is 24.2 Å². The van der Waals surface area contributed by atoms with Crippen molar-refractivity contribution in [2.45, 2.75) is 13.1 Å². The molecule has 0 radical (unpaired) electrons. The molecule has 4 nitrogen and oxygen atoms in total. The molecule has 2 rings (SSSR count). The lowest BCUT2D eigenvalue weighted by Crippen LogP contribution is -2.07. The van der Waals surface area contributed by atoms with Crippen molar-refractivity contribution in [1.29, 1.82) is 0 Å². The number of nitrogens with one attached hydrogen (secondary N) is 1. The summed E-state index contributed by atoms with van der Waals surface area (Å²) in [6, 6.07) is 4.35. The van der Waals surface area contributed by atoms with E-state index in [-0.39, 0.29) is 10.8 Å². The van der Waals surface area contributed by atoms with Crippen LogP contribution >= 0.6 is 11.6 Å². The molecule has 0 saturated heterocycles. The predicted molar refractivity (Wildman–Crippen MR) is 74.3 cm³/mol. The molecule has 0 fully saturated rings. The first-order valence-corrected chi connectivity index (χ1v) is 6.19. The lowest BCUT2D eigenvalue weighted by Gasteiger charge is -2.09. The van der Waals surface area contributed by atoms with E-state index < -0.39 is 11.7 Å². The summed E-state index contributed by atoms with van der Waals surface area (Å²) < 4.78 is 37.4. The summed E-state index contributed by atoms with van der Waals surface area (Å²) >= 11 is 5.76. The van der Waals surface area contributed by atoms with Crippen LogP contribution in [0.1, 0.15) is 18.1 Å². The highest BCUT2D eigenvalue weighted by atomic mass is 35.5. The van der Waals surface area contributed by atoms with Gasteiger partial charge in [-0.2, -0.15) is 18.3 Å². The van der Waals surface area contributed by atoms with Crippen LogP contribution in [0.15, 0.2) is 41.9 Å². The Balaban J connectivity index is 2.17. The summed E-state index contributed by atoms with van der Waals surface area (Å²) in [5.74, 6) is 0.0490. The van der Waals surface area contributed by atoms with Crippen LogP contribution in [-0.2, 0) is 6.18 Å². The number of hydrogen-bond acceptors (Lipinski definition) is 4. The van der Waals surface area contributed by atoms with Gasteiger partial charge in [-0.3, -0.25) is 10.4 Å². The molecule has 8 heteroatoms. The minimum absolute atomic E-state index is 0.0490. The maximum atomic E-state index is 12.5. The van der Waals surface area contributed by atoms with Gasteiger partial charge in [-0.25, -0.2) is 4.98 Å². The van der Waals surface area contributed by atoms with Crippen LogP contribution in [-0.4, -0.2) is 15.7 Å². The van der Waals surface area contributed by atoms with Crippen molar-refractivity contribution in [3.05, 3.63) is 52.9 Å². The van der Waals surface area contributed by atoms with Crippen molar-refractivity contribution < 1.29 is 13.2 Å². The fraction of sp³-hybridized carbons (Fsp3) is 0.154. The first-order valence-electron chi connectivity index (χ1n) is 5.81. The molecule has 1 N–H and O–H groups in total. The Kier molecular flexibility index (Phi) is 4.42. The quantitative estimate of drug-likeness (QED) is 0.688. The van der Waals surface area contributed by atoms with Crippen LogP contribution in [0.3, 0.4) is 0 Å². The molecule has 0 aliphatic carbocycles. The lowest BCUT2D eigenvalue weighted by atomic mass is 10.2. The third-order valence-corrected chi connectivity index (χ3v) is 2.87. The predicted octanol–water partition coefficient (Wildman–Crippen LogP) is 3.98. The normalized spacial score (nSPS) is 12.3. The van der Waals surface area contributed by atoms with Gasteiger partial charge in [-0.1, -0.05) is 17.7 Å². The van der Waals surface area contributed by atoms with Crippen LogP contribution < -0.4 is 5.43 Å². The summed E-state index contributed by atoms with van der Waals surface area (Å²) in [7, 11) is 0. The van der Waals surface area contributed by atoms with Crippen LogP contribution in [0.5, 0.6) is 0 Å². The number of nitrogens with zero attached hydrogens (tertiary/aromatic N) is 3. The van der Waals surface area contributed by atoms with Gasteiger partial charge in [-0.05, 0) is 19.1 Å². The van der Waals surface area contributed by atoms with Crippen molar-refractivity contribution >= 4 is 23.1 Å². The van der Waals surface area contributed by atoms with Crippen molar-refractivity contribution in [1.82, 2.24) is 9.97 Å². The third-order valence-electron chi connectivity index (χ3n) is 2.58. The van der Waals surface area contributed by atoms with E-state index in [9.17, 15) is 13.2 Å². The number of hydrazone groups is 1. The van der Waals surface area contributed by atoms with E-state index in [1.807, 2.05) is 0 Å². The minimum atomic E-state index is -4.48. The second kappa shape index (κ2) is 6.09. The second-order valence-corrected chi connectivity index (χ2v) is 4.51. The topological polar surface area (TPSA) is 50.2 Å². The van der Waals surface area contributed by atoms with E-state index in [4.69, 9.17) is 11.6 Å². The molecule has 0 aromatic carbocycles. The fourth-order valence-corrected chi connectivity index (χ4v) is 1.66. The van der Waals surface area contributed by atoms with Crippen LogP contribution in [0, 0.1) is 0 Å². The molecule has 0 aliphatic heterocycles. The Labute approximate surface area is 123 Å². The van der Waals surface area contributed by atoms with Crippen LogP contribution in [0.4, 0.5) is 19.0 Å². The largest absolute Gasteiger partial charge is 0.417 e. The van der Waals surface area contributed by atoms with Crippen molar-refractivity contribution in [2.75, 3.05) is 5.43 Å². The van der Waals surface area contributed by atoms with Gasteiger partial charge >= 0.3 is 6.18 Å². The zero-order chi connectivity index (χ0) is 15.5. The molecular weight excluding hydrogens is 305 g/mol. The summed E-state index contributed by atoms with van der Waals surface area (Å²) in [4.78, 5) is 7.57. The first kappa shape index (κ1) is 15.2. The van der Waals surface area contributed by atoms with Crippen molar-refractivity contribution in [3.8, 4) is 0 Å². The van der Waals surface area contributed by atoms with Crippen molar-refractivity contribution in [2.24, 2.45) is 5.10 Å². The molecule has 2 aromatic heterocycles. The SMILES string of the molecule is C/C(=N\Nc1ncc(C(F)(F)F)cc1Cl)c1cccnc1. The lowest BCUT2D eigenvalue weighted by molar-refractivity contribution is -0.137. The summed E-state index contributed by atoms with van der Waals surface area (Å²) in [5, 5.41) is 3.86. The molecule has 2 heterocycles. The maximum absolute atomic E-state index is 12.5. The molecule has 110 valence electrons. The van der Waals surface area contributed by atoms with Gasteiger partial charge in [0.2, 0.25) is 0 Å². The zero-order valence-electron chi connectivity index (χ0n) is 10.8. The standard InChI is InChI=1S/C13H10ClF3N4/c1-8(9-3-2-4-18-6-9)20-21-12-11(14)5-10(7-19-12)13(15,16)17/h2-7H,1H3,(H,19,21)/b20-8+. The van der Waals surface area contributed by atoms with E-state index in [1.165, 1.54) is 0 Å². The monoisotopic (exact) mass is 314 g/mol. The Morgan fingerprint density at radius 3 is 2.67 bits per heavy atom. The smallest absolute Gasteiger partial charge is 0.264 e. The molecule has 0 unspecified atom stereocenters. The van der Waals surface area contributed by atoms with Gasteiger partial charge < -0.3 is 0 Å². The van der Waals surface area contributed by atoms with E-state index in [2.05, 4.69) is 20.5 Å². The number of aromatic nitrogens is 2. The summed E-state index contributed by atoms with van der Waals surface area (Å²) in [5.41, 5.74) is 3.00. The number of pyridine rings is 2. The van der Waals surface area contributed by atoms with Crippen LogP contribution in [0.25, 0.3) is 0 Å². The zero-order valence-corrected chi connectivity index (χ0v) is 11.6. The Morgan fingerprint density at radius 1 is 1.33 bits per heavy atom. The highest BCUT2D eigenvalue weighted by Crippen LogP contribution is 2.32. The average Bonchev–Trinajstić information content (AvgIpc) is 2.45. The molecule has 0 atom stereocenters. The second-order valence-electron chi connectivity index (χ2n) is 4.10. The Hall–Kier alpha value is -2.15. The molecule has 0 spiro atoms. The number of alkyl halides is 3. The van der Waals surface area contributed by atoms with E-state index in [1.54, 1.807) is 31.5 Å². The molecular formula is C13H10ClF3N4. The fourth-order valence-electron chi connectivity index (χ4n) is 1.45. The summed E-state index contributed by atoms with van der Waals surface area (Å²) in [6.07, 6.45) is -0.548. The summed E-state index contributed by atoms with van der Waals surface area (Å²) in [6.45, 7) is 1.72. The van der Waals surface area contributed by atoms with Gasteiger partial charge in [0.1, 0.15) is 0 Å². The minimum Gasteiger partial charge on any atom is -0.264 e. The molecule has 0 saturated carbocycles. The third kappa shape index (κ3) is 3.91. The molecule has 0 amide bonds. The van der Waals surface area contributed by atoms with E-state index in [0.29, 0.717) is 11.9 Å². The number of halogens is 4.